The van der Waals surface area contributed by atoms with Crippen molar-refractivity contribution in [2.24, 2.45) is 0 Å². The van der Waals surface area contributed by atoms with Crippen LogP contribution in [0.1, 0.15) is 22.3 Å². The van der Waals surface area contributed by atoms with Crippen molar-refractivity contribution in [1.29, 1.82) is 0 Å². The van der Waals surface area contributed by atoms with E-state index >= 15 is 0 Å². The summed E-state index contributed by atoms with van der Waals surface area (Å²) in [5.41, 5.74) is 29.9. The Morgan fingerprint density at radius 3 is 0.849 bits per heavy atom. The molecule has 1 aliphatic rings. The lowest BCUT2D eigenvalue weighted by atomic mass is 9.67. The SMILES string of the molecule is c1ccc(-c2cc(-c3ccc(N(c4ccccc4)c4ccc5c(c4)C(c4ccccc4)(c4ccccc4)c4ccccc4-5)cc3)c(-c3ccccc3)cc2-c2ccc(N(c3ccccc3)c3ccc(-c4c(-c5ccccc5)cccc4-c4ccccc4)cc3)cc2)cc1. The summed E-state index contributed by atoms with van der Waals surface area (Å²) in [4.78, 5) is 4.77. The van der Waals surface area contributed by atoms with Crippen molar-refractivity contribution < 1.29 is 0 Å². The monoisotopic (exact) mass is 1180 g/mol. The lowest BCUT2D eigenvalue weighted by Gasteiger charge is -2.35. The Labute approximate surface area is 545 Å². The third-order valence-electron chi connectivity index (χ3n) is 18.6. The molecule has 0 heterocycles. The zero-order valence-corrected chi connectivity index (χ0v) is 51.3. The number of hydrogen-bond donors (Lipinski definition) is 0. The first-order chi connectivity index (χ1) is 46.2. The molecule has 0 saturated heterocycles. The highest BCUT2D eigenvalue weighted by molar-refractivity contribution is 5.98. The molecule has 0 saturated carbocycles. The van der Waals surface area contributed by atoms with Crippen LogP contribution in [0.25, 0.3) is 89.0 Å². The largest absolute Gasteiger partial charge is 0.311 e. The zero-order valence-electron chi connectivity index (χ0n) is 51.3. The van der Waals surface area contributed by atoms with Gasteiger partial charge in [0.05, 0.1) is 5.41 Å². The zero-order chi connectivity index (χ0) is 61.9. The van der Waals surface area contributed by atoms with Crippen LogP contribution < -0.4 is 9.80 Å². The minimum atomic E-state index is -0.531. The first-order valence-electron chi connectivity index (χ1n) is 32.1. The quantitative estimate of drug-likeness (QED) is 0.101. The summed E-state index contributed by atoms with van der Waals surface area (Å²) < 4.78 is 0. The van der Waals surface area contributed by atoms with Gasteiger partial charge in [-0.1, -0.05) is 303 Å². The van der Waals surface area contributed by atoms with Gasteiger partial charge in [0.15, 0.2) is 0 Å². The first-order valence-corrected chi connectivity index (χ1v) is 32.1. The summed E-state index contributed by atoms with van der Waals surface area (Å²) in [5, 5.41) is 0. The second kappa shape index (κ2) is 24.7. The molecule has 0 N–H and O–H groups in total. The summed E-state index contributed by atoms with van der Waals surface area (Å²) in [7, 11) is 0. The van der Waals surface area contributed by atoms with Crippen LogP contribution in [-0.2, 0) is 5.41 Å². The van der Waals surface area contributed by atoms with Crippen LogP contribution in [-0.4, -0.2) is 0 Å². The third-order valence-corrected chi connectivity index (χ3v) is 18.6. The van der Waals surface area contributed by atoms with Crippen LogP contribution in [0.15, 0.2) is 388 Å². The number of fused-ring (bicyclic) bond motifs is 3. The highest BCUT2D eigenvalue weighted by Crippen LogP contribution is 2.57. The van der Waals surface area contributed by atoms with Crippen molar-refractivity contribution in [3.8, 4) is 89.0 Å². The lowest BCUT2D eigenvalue weighted by molar-refractivity contribution is 0.768. The third kappa shape index (κ3) is 10.4. The van der Waals surface area contributed by atoms with Gasteiger partial charge in [0.25, 0.3) is 0 Å². The molecule has 0 bridgehead atoms. The van der Waals surface area contributed by atoms with E-state index in [-0.39, 0.29) is 0 Å². The van der Waals surface area contributed by atoms with Gasteiger partial charge in [-0.2, -0.15) is 0 Å². The van der Waals surface area contributed by atoms with Gasteiger partial charge >= 0.3 is 0 Å². The highest BCUT2D eigenvalue weighted by atomic mass is 15.1. The number of hydrogen-bond acceptors (Lipinski definition) is 2. The van der Waals surface area contributed by atoms with Gasteiger partial charge in [-0.15, -0.1) is 0 Å². The van der Waals surface area contributed by atoms with Gasteiger partial charge in [-0.3, -0.25) is 0 Å². The average Bonchev–Trinajstić information content (AvgIpc) is 1.56. The van der Waals surface area contributed by atoms with Gasteiger partial charge in [0.2, 0.25) is 0 Å². The standard InChI is InChI=1S/C91H64N2/c1-9-28-65(29-10-1)80-45-27-46-81(66-30-11-2-12-31-66)90(80)71-52-58-77(59-53-71)92(74-40-21-7-22-41-74)76-54-48-69(49-55-76)86-63-85(68-34-15-4-16-35-68)87(64-84(86)67-32-13-3-14-33-67)70-50-56-78(57-51-70)93(75-42-23-8-24-43-75)79-60-61-83-82-44-25-26-47-88(82)91(89(83)62-79,72-36-17-5-18-37-72)73-38-19-6-20-39-73/h1-64H. The minimum Gasteiger partial charge on any atom is -0.311 e. The Bertz CT molecular complexity index is 4960. The fourth-order valence-corrected chi connectivity index (χ4v) is 14.3. The molecular weight excluding hydrogens is 1120 g/mol. The summed E-state index contributed by atoms with van der Waals surface area (Å²) in [6, 6.07) is 142. The molecule has 0 amide bonds. The van der Waals surface area contributed by atoms with Crippen molar-refractivity contribution >= 4 is 34.1 Å². The van der Waals surface area contributed by atoms with E-state index in [1.54, 1.807) is 0 Å². The maximum Gasteiger partial charge on any atom is 0.0714 e. The van der Waals surface area contributed by atoms with Crippen LogP contribution >= 0.6 is 0 Å². The van der Waals surface area contributed by atoms with Gasteiger partial charge in [0.1, 0.15) is 0 Å². The second-order valence-electron chi connectivity index (χ2n) is 23.9. The van der Waals surface area contributed by atoms with Crippen molar-refractivity contribution in [1.82, 2.24) is 0 Å². The molecule has 1 aliphatic carbocycles. The molecule has 0 unspecified atom stereocenters. The van der Waals surface area contributed by atoms with Crippen LogP contribution in [0.3, 0.4) is 0 Å². The topological polar surface area (TPSA) is 6.48 Å². The molecule has 0 aromatic heterocycles. The Kier molecular flexibility index (Phi) is 14.9. The molecule has 0 spiro atoms. The number of rotatable bonds is 15. The lowest BCUT2D eigenvalue weighted by Crippen LogP contribution is -2.28. The van der Waals surface area contributed by atoms with E-state index in [0.717, 1.165) is 84.2 Å². The smallest absolute Gasteiger partial charge is 0.0714 e. The Balaban J connectivity index is 0.790. The maximum atomic E-state index is 2.45. The molecule has 0 atom stereocenters. The Hall–Kier alpha value is -12.1. The van der Waals surface area contributed by atoms with E-state index in [1.807, 2.05) is 0 Å². The van der Waals surface area contributed by atoms with E-state index in [2.05, 4.69) is 398 Å². The molecule has 93 heavy (non-hydrogen) atoms. The van der Waals surface area contributed by atoms with E-state index in [0.29, 0.717) is 0 Å². The van der Waals surface area contributed by atoms with E-state index in [4.69, 9.17) is 0 Å². The molecular formula is C91H64N2. The molecule has 0 fully saturated rings. The van der Waals surface area contributed by atoms with Crippen LogP contribution in [0, 0.1) is 0 Å². The van der Waals surface area contributed by atoms with Gasteiger partial charge < -0.3 is 9.80 Å². The Morgan fingerprint density at radius 2 is 0.441 bits per heavy atom. The highest BCUT2D eigenvalue weighted by Gasteiger charge is 2.46. The number of anilines is 6. The molecule has 16 rings (SSSR count). The van der Waals surface area contributed by atoms with E-state index in [1.165, 1.54) is 61.2 Å². The molecule has 15 aromatic rings. The summed E-state index contributed by atoms with van der Waals surface area (Å²) >= 11 is 0. The summed E-state index contributed by atoms with van der Waals surface area (Å²) in [6.45, 7) is 0. The van der Waals surface area contributed by atoms with Crippen LogP contribution in [0.5, 0.6) is 0 Å². The van der Waals surface area contributed by atoms with Crippen LogP contribution in [0.2, 0.25) is 0 Å². The fraction of sp³-hybridized carbons (Fsp3) is 0.0110. The van der Waals surface area contributed by atoms with Gasteiger partial charge in [0, 0.05) is 34.1 Å². The fourth-order valence-electron chi connectivity index (χ4n) is 14.3. The average molecular weight is 1190 g/mol. The van der Waals surface area contributed by atoms with E-state index < -0.39 is 5.41 Å². The molecule has 0 radical (unpaired) electrons. The normalized spacial score (nSPS) is 12.0. The predicted octanol–water partition coefficient (Wildman–Crippen LogP) is 24.7. The second-order valence-corrected chi connectivity index (χ2v) is 23.9. The van der Waals surface area contributed by atoms with Crippen molar-refractivity contribution in [2.45, 2.75) is 5.41 Å². The first kappa shape index (κ1) is 56.2. The van der Waals surface area contributed by atoms with Crippen LogP contribution in [0.4, 0.5) is 34.1 Å². The van der Waals surface area contributed by atoms with Crippen molar-refractivity contribution in [3.63, 3.8) is 0 Å². The minimum absolute atomic E-state index is 0.531. The van der Waals surface area contributed by atoms with Gasteiger partial charge in [-0.25, -0.2) is 0 Å². The number of benzene rings is 15. The maximum absolute atomic E-state index is 2.45. The Morgan fingerprint density at radius 1 is 0.161 bits per heavy atom. The molecule has 2 nitrogen and oxygen atoms in total. The summed E-state index contributed by atoms with van der Waals surface area (Å²) in [5.74, 6) is 0. The van der Waals surface area contributed by atoms with Crippen molar-refractivity contribution in [3.05, 3.63) is 411 Å². The number of para-hydroxylation sites is 2. The number of nitrogens with zero attached hydrogens (tertiary/aromatic N) is 2. The van der Waals surface area contributed by atoms with Gasteiger partial charge in [-0.05, 0) is 196 Å². The van der Waals surface area contributed by atoms with Crippen molar-refractivity contribution in [2.75, 3.05) is 9.80 Å². The molecule has 15 aromatic carbocycles. The van der Waals surface area contributed by atoms with E-state index in [9.17, 15) is 0 Å². The molecule has 2 heteroatoms. The summed E-state index contributed by atoms with van der Waals surface area (Å²) in [6.07, 6.45) is 0. The molecule has 438 valence electrons. The molecule has 0 aliphatic heterocycles. The predicted molar refractivity (Wildman–Crippen MR) is 391 cm³/mol.